The van der Waals surface area contributed by atoms with E-state index in [-0.39, 0.29) is 0 Å². The van der Waals surface area contributed by atoms with Crippen LogP contribution in [0.15, 0.2) is 60.7 Å². The Morgan fingerprint density at radius 2 is 0.966 bits per heavy atom. The van der Waals surface area contributed by atoms with Crippen LogP contribution in [0.1, 0.15) is 70.4 Å². The zero-order valence-corrected chi connectivity index (χ0v) is 22.1. The van der Waals surface area contributed by atoms with Crippen molar-refractivity contribution >= 4 is 18.4 Å². The van der Waals surface area contributed by atoms with Crippen LogP contribution < -0.4 is 0 Å². The fourth-order valence-corrected chi connectivity index (χ4v) is 20.9. The first-order chi connectivity index (χ1) is 14.2. The molecule has 160 valence electrons. The van der Waals surface area contributed by atoms with E-state index in [1.165, 1.54) is 54.2 Å². The summed E-state index contributed by atoms with van der Waals surface area (Å²) in [4.78, 5) is 2.82. The van der Waals surface area contributed by atoms with E-state index >= 15 is 0 Å². The second-order valence-corrected chi connectivity index (χ2v) is 22.7. The minimum absolute atomic E-state index is 1.10. The van der Waals surface area contributed by atoms with Crippen molar-refractivity contribution in [2.24, 2.45) is 0 Å². The van der Waals surface area contributed by atoms with Gasteiger partial charge in [0.25, 0.3) is 0 Å². The van der Waals surface area contributed by atoms with E-state index in [9.17, 15) is 0 Å². The molecule has 29 heavy (non-hydrogen) atoms. The number of hydrogen-bond acceptors (Lipinski definition) is 1. The number of nitrogens with zero attached hydrogens (tertiary/aromatic N) is 1. The van der Waals surface area contributed by atoms with Gasteiger partial charge in [-0.2, -0.15) is 0 Å². The van der Waals surface area contributed by atoms with E-state index in [0.717, 1.165) is 13.1 Å². The average molecular weight is 500 g/mol. The van der Waals surface area contributed by atoms with Crippen LogP contribution in [-0.4, -0.2) is 27.8 Å². The Kier molecular flexibility index (Phi) is 12.0. The third-order valence-corrected chi connectivity index (χ3v) is 21.5. The first-order valence-electron chi connectivity index (χ1n) is 12.0. The third-order valence-electron chi connectivity index (χ3n) is 6.24. The summed E-state index contributed by atoms with van der Waals surface area (Å²) in [5.74, 6) is 0. The zero-order chi connectivity index (χ0) is 20.8. The number of unbranched alkanes of at least 4 members (excludes halogenated alkanes) is 3. The maximum atomic E-state index is 2.82. The quantitative estimate of drug-likeness (QED) is 0.224. The Morgan fingerprint density at radius 3 is 1.31 bits per heavy atom. The van der Waals surface area contributed by atoms with Gasteiger partial charge in [-0.1, -0.05) is 0 Å². The van der Waals surface area contributed by atoms with Gasteiger partial charge in [0.1, 0.15) is 0 Å². The molecule has 0 aliphatic heterocycles. The molecule has 2 aromatic rings. The Hall–Kier alpha value is -0.801. The van der Waals surface area contributed by atoms with Crippen molar-refractivity contribution in [3.8, 4) is 0 Å². The molecule has 0 atom stereocenters. The Labute approximate surface area is 184 Å². The molecule has 2 aromatic carbocycles. The normalized spacial score (nSPS) is 11.9. The standard InChI is InChI=1S/C15H16N.3C4H9.Sn/c1-16(12-14-8-4-2-5-9-14)13-15-10-6-3-7-11-15;3*1-3-4-2;/h2-11H,1,12-13H2;3*1,3-4H2,2H3;. The zero-order valence-electron chi connectivity index (χ0n) is 19.2. The van der Waals surface area contributed by atoms with Gasteiger partial charge in [0, 0.05) is 0 Å². The fraction of sp³-hybridized carbons (Fsp3) is 0.556. The van der Waals surface area contributed by atoms with E-state index in [1.54, 1.807) is 13.3 Å². The summed E-state index contributed by atoms with van der Waals surface area (Å²) in [7, 11) is 0. The molecule has 0 bridgehead atoms. The topological polar surface area (TPSA) is 3.24 Å². The van der Waals surface area contributed by atoms with Crippen LogP contribution in [0.25, 0.3) is 0 Å². The van der Waals surface area contributed by atoms with Gasteiger partial charge in [-0.15, -0.1) is 0 Å². The molecule has 0 aromatic heterocycles. The summed E-state index contributed by atoms with van der Waals surface area (Å²) >= 11 is -2.21. The fourth-order valence-electron chi connectivity index (χ4n) is 4.59. The van der Waals surface area contributed by atoms with Gasteiger partial charge in [-0.3, -0.25) is 0 Å². The maximum absolute atomic E-state index is 2.82. The predicted molar refractivity (Wildman–Crippen MR) is 132 cm³/mol. The molecule has 0 saturated heterocycles. The molecule has 0 radical (unpaired) electrons. The summed E-state index contributed by atoms with van der Waals surface area (Å²) in [6.45, 7) is 9.32. The van der Waals surface area contributed by atoms with Crippen molar-refractivity contribution in [3.05, 3.63) is 71.8 Å². The van der Waals surface area contributed by atoms with Gasteiger partial charge in [0.15, 0.2) is 0 Å². The van der Waals surface area contributed by atoms with Crippen molar-refractivity contribution < 1.29 is 0 Å². The van der Waals surface area contributed by atoms with Gasteiger partial charge in [-0.25, -0.2) is 0 Å². The molecule has 1 nitrogen and oxygen atoms in total. The van der Waals surface area contributed by atoms with Crippen LogP contribution in [0.2, 0.25) is 13.3 Å². The summed E-state index contributed by atoms with van der Waals surface area (Å²) in [6, 6.07) is 22.3. The summed E-state index contributed by atoms with van der Waals surface area (Å²) in [5.41, 5.74) is 2.93. The molecular formula is C27H43NSn. The molecule has 0 heterocycles. The Morgan fingerprint density at radius 1 is 0.586 bits per heavy atom. The van der Waals surface area contributed by atoms with Crippen LogP contribution in [0.3, 0.4) is 0 Å². The monoisotopic (exact) mass is 501 g/mol. The predicted octanol–water partition coefficient (Wildman–Crippen LogP) is 8.08. The first kappa shape index (κ1) is 24.5. The molecule has 0 saturated carbocycles. The average Bonchev–Trinajstić information content (AvgIpc) is 2.76. The number of benzene rings is 2. The van der Waals surface area contributed by atoms with Crippen molar-refractivity contribution in [1.82, 2.24) is 4.90 Å². The van der Waals surface area contributed by atoms with E-state index < -0.39 is 18.4 Å². The molecule has 0 unspecified atom stereocenters. The molecule has 0 amide bonds. The minimum atomic E-state index is -2.21. The van der Waals surface area contributed by atoms with Gasteiger partial charge >= 0.3 is 185 Å². The van der Waals surface area contributed by atoms with Gasteiger partial charge in [-0.05, 0) is 0 Å². The molecule has 0 spiro atoms. The first-order valence-corrected chi connectivity index (χ1v) is 20.1. The Bertz CT molecular complexity index is 577. The van der Waals surface area contributed by atoms with Crippen LogP contribution in [-0.2, 0) is 13.1 Å². The molecule has 0 fully saturated rings. The van der Waals surface area contributed by atoms with Crippen LogP contribution in [0.4, 0.5) is 0 Å². The summed E-state index contributed by atoms with van der Waals surface area (Å²) < 4.78 is 6.19. The van der Waals surface area contributed by atoms with E-state index in [2.05, 4.69) is 86.3 Å². The second kappa shape index (κ2) is 14.2. The molecule has 0 aliphatic rings. The van der Waals surface area contributed by atoms with Crippen molar-refractivity contribution in [2.45, 2.75) is 85.7 Å². The third kappa shape index (κ3) is 9.25. The van der Waals surface area contributed by atoms with Crippen molar-refractivity contribution in [3.63, 3.8) is 0 Å². The number of hydrogen-bond donors (Lipinski definition) is 0. The summed E-state index contributed by atoms with van der Waals surface area (Å²) in [6.07, 6.45) is 8.42. The van der Waals surface area contributed by atoms with E-state index in [4.69, 9.17) is 0 Å². The van der Waals surface area contributed by atoms with Gasteiger partial charge < -0.3 is 0 Å². The van der Waals surface area contributed by atoms with Crippen molar-refractivity contribution in [1.29, 1.82) is 0 Å². The van der Waals surface area contributed by atoms with Crippen LogP contribution >= 0.6 is 0 Å². The molecule has 2 heteroatoms. The van der Waals surface area contributed by atoms with Crippen LogP contribution in [0, 0.1) is 0 Å². The molecular weight excluding hydrogens is 457 g/mol. The van der Waals surface area contributed by atoms with E-state index in [0.29, 0.717) is 0 Å². The number of rotatable bonds is 15. The van der Waals surface area contributed by atoms with E-state index in [1.807, 2.05) is 0 Å². The SMILES string of the molecule is CCC[CH2][Sn]([CH2]CCC)([CH2]CCC)[CH2]N(Cc1ccccc1)Cc1ccccc1. The molecule has 0 aliphatic carbocycles. The molecule has 2 rings (SSSR count). The summed E-state index contributed by atoms with van der Waals surface area (Å²) in [5, 5.41) is 0. The van der Waals surface area contributed by atoms with Crippen molar-refractivity contribution in [2.75, 3.05) is 4.56 Å². The van der Waals surface area contributed by atoms with Crippen LogP contribution in [0.5, 0.6) is 0 Å². The van der Waals surface area contributed by atoms with Gasteiger partial charge in [0.05, 0.1) is 0 Å². The van der Waals surface area contributed by atoms with Gasteiger partial charge in [0.2, 0.25) is 0 Å². The Balaban J connectivity index is 2.24. The molecule has 0 N–H and O–H groups in total. The second-order valence-electron chi connectivity index (χ2n) is 8.93.